The molecular weight excluding hydrogens is 232 g/mol. The van der Waals surface area contributed by atoms with Gasteiger partial charge < -0.3 is 10.1 Å². The SMILES string of the molecule is CCc1ccc(OCC2CCNC2)c([N+](=O)[O-])c1. The van der Waals surface area contributed by atoms with Crippen molar-refractivity contribution in [2.75, 3.05) is 19.7 Å². The molecule has 1 heterocycles. The Kier molecular flexibility index (Phi) is 4.15. The molecule has 1 aromatic rings. The maximum atomic E-state index is 11.0. The number of nitro benzene ring substituents is 1. The van der Waals surface area contributed by atoms with Crippen molar-refractivity contribution < 1.29 is 9.66 Å². The molecule has 0 bridgehead atoms. The minimum atomic E-state index is -0.374. The second-order valence-corrected chi connectivity index (χ2v) is 4.58. The highest BCUT2D eigenvalue weighted by molar-refractivity contribution is 5.48. The summed E-state index contributed by atoms with van der Waals surface area (Å²) in [5, 5.41) is 14.2. The van der Waals surface area contributed by atoms with E-state index in [1.807, 2.05) is 13.0 Å². The second kappa shape index (κ2) is 5.82. The maximum absolute atomic E-state index is 11.0. The summed E-state index contributed by atoms with van der Waals surface area (Å²) >= 11 is 0. The Morgan fingerprint density at radius 1 is 1.56 bits per heavy atom. The van der Waals surface area contributed by atoms with E-state index < -0.39 is 0 Å². The van der Waals surface area contributed by atoms with Crippen molar-refractivity contribution in [2.24, 2.45) is 5.92 Å². The summed E-state index contributed by atoms with van der Waals surface area (Å²) in [6.45, 7) is 4.45. The third-order valence-corrected chi connectivity index (χ3v) is 3.27. The zero-order valence-electron chi connectivity index (χ0n) is 10.5. The summed E-state index contributed by atoms with van der Waals surface area (Å²) in [5.74, 6) is 0.833. The van der Waals surface area contributed by atoms with Gasteiger partial charge in [0.1, 0.15) is 0 Å². The van der Waals surface area contributed by atoms with Crippen LogP contribution in [0.5, 0.6) is 5.75 Å². The molecule has 2 rings (SSSR count). The van der Waals surface area contributed by atoms with Gasteiger partial charge in [0.05, 0.1) is 11.5 Å². The number of rotatable bonds is 5. The van der Waals surface area contributed by atoms with E-state index >= 15 is 0 Å². The molecule has 1 aliphatic rings. The number of nitrogens with zero attached hydrogens (tertiary/aromatic N) is 1. The highest BCUT2D eigenvalue weighted by atomic mass is 16.6. The number of benzene rings is 1. The van der Waals surface area contributed by atoms with Gasteiger partial charge in [-0.3, -0.25) is 10.1 Å². The first kappa shape index (κ1) is 12.8. The third-order valence-electron chi connectivity index (χ3n) is 3.27. The summed E-state index contributed by atoms with van der Waals surface area (Å²) < 4.78 is 5.60. The first-order valence-corrected chi connectivity index (χ1v) is 6.31. The molecule has 1 N–H and O–H groups in total. The molecule has 0 saturated carbocycles. The van der Waals surface area contributed by atoms with Crippen molar-refractivity contribution in [3.05, 3.63) is 33.9 Å². The minimum absolute atomic E-state index is 0.0697. The molecule has 5 nitrogen and oxygen atoms in total. The normalized spacial score (nSPS) is 18.8. The fourth-order valence-electron chi connectivity index (χ4n) is 2.11. The van der Waals surface area contributed by atoms with Crippen LogP contribution in [0.4, 0.5) is 5.69 Å². The first-order chi connectivity index (χ1) is 8.70. The van der Waals surface area contributed by atoms with Gasteiger partial charge in [-0.25, -0.2) is 0 Å². The van der Waals surface area contributed by atoms with Crippen LogP contribution in [-0.4, -0.2) is 24.6 Å². The molecule has 0 aliphatic carbocycles. The van der Waals surface area contributed by atoms with Crippen molar-refractivity contribution in [2.45, 2.75) is 19.8 Å². The topological polar surface area (TPSA) is 64.4 Å². The Hall–Kier alpha value is -1.62. The van der Waals surface area contributed by atoms with Gasteiger partial charge >= 0.3 is 5.69 Å². The molecule has 0 amide bonds. The van der Waals surface area contributed by atoms with Gasteiger partial charge in [-0.15, -0.1) is 0 Å². The van der Waals surface area contributed by atoms with E-state index in [2.05, 4.69) is 5.32 Å². The van der Waals surface area contributed by atoms with Crippen LogP contribution in [0, 0.1) is 16.0 Å². The monoisotopic (exact) mass is 250 g/mol. The van der Waals surface area contributed by atoms with Gasteiger partial charge in [0.15, 0.2) is 5.75 Å². The standard InChI is InChI=1S/C13H18N2O3/c1-2-10-3-4-13(12(7-10)15(16)17)18-9-11-5-6-14-8-11/h3-4,7,11,14H,2,5-6,8-9H2,1H3. The predicted molar refractivity (Wildman–Crippen MR) is 68.9 cm³/mol. The molecule has 5 heteroatoms. The van der Waals surface area contributed by atoms with Gasteiger partial charge in [0.25, 0.3) is 0 Å². The number of hydrogen-bond acceptors (Lipinski definition) is 4. The summed E-state index contributed by atoms with van der Waals surface area (Å²) in [5.41, 5.74) is 1.02. The van der Waals surface area contributed by atoms with Crippen molar-refractivity contribution in [1.29, 1.82) is 0 Å². The molecule has 1 saturated heterocycles. The van der Waals surface area contributed by atoms with Crippen LogP contribution in [0.3, 0.4) is 0 Å². The lowest BCUT2D eigenvalue weighted by atomic mass is 10.1. The van der Waals surface area contributed by atoms with Crippen LogP contribution in [-0.2, 0) is 6.42 Å². The first-order valence-electron chi connectivity index (χ1n) is 6.31. The van der Waals surface area contributed by atoms with Crippen molar-refractivity contribution >= 4 is 5.69 Å². The summed E-state index contributed by atoms with van der Waals surface area (Å²) in [4.78, 5) is 10.6. The van der Waals surface area contributed by atoms with Crippen LogP contribution in [0.25, 0.3) is 0 Å². The Morgan fingerprint density at radius 2 is 2.39 bits per heavy atom. The molecule has 1 atom stereocenters. The van der Waals surface area contributed by atoms with E-state index in [0.717, 1.165) is 31.5 Å². The van der Waals surface area contributed by atoms with Crippen LogP contribution in [0.15, 0.2) is 18.2 Å². The Bertz CT molecular complexity index is 428. The van der Waals surface area contributed by atoms with E-state index in [9.17, 15) is 10.1 Å². The fourth-order valence-corrected chi connectivity index (χ4v) is 2.11. The Morgan fingerprint density at radius 3 is 3.00 bits per heavy atom. The van der Waals surface area contributed by atoms with Gasteiger partial charge in [0.2, 0.25) is 0 Å². The van der Waals surface area contributed by atoms with E-state index in [1.54, 1.807) is 12.1 Å². The van der Waals surface area contributed by atoms with Crippen molar-refractivity contribution in [1.82, 2.24) is 5.32 Å². The minimum Gasteiger partial charge on any atom is -0.486 e. The van der Waals surface area contributed by atoms with E-state index in [-0.39, 0.29) is 10.6 Å². The maximum Gasteiger partial charge on any atom is 0.311 e. The number of ether oxygens (including phenoxy) is 1. The largest absolute Gasteiger partial charge is 0.486 e. The molecule has 1 aliphatic heterocycles. The van der Waals surface area contributed by atoms with E-state index in [1.165, 1.54) is 0 Å². The lowest BCUT2D eigenvalue weighted by Crippen LogP contribution is -2.15. The Labute approximate surface area is 106 Å². The molecule has 0 radical (unpaired) electrons. The molecule has 1 aromatic carbocycles. The number of hydrogen-bond donors (Lipinski definition) is 1. The van der Waals surface area contributed by atoms with Gasteiger partial charge in [-0.1, -0.05) is 13.0 Å². The molecule has 1 unspecified atom stereocenters. The van der Waals surface area contributed by atoms with E-state index in [4.69, 9.17) is 4.74 Å². The van der Waals surface area contributed by atoms with Crippen LogP contribution in [0.1, 0.15) is 18.9 Å². The Balaban J connectivity index is 2.08. The molecule has 0 aromatic heterocycles. The predicted octanol–water partition coefficient (Wildman–Crippen LogP) is 2.15. The third kappa shape index (κ3) is 2.98. The number of aryl methyl sites for hydroxylation is 1. The molecule has 0 spiro atoms. The zero-order chi connectivity index (χ0) is 13.0. The van der Waals surface area contributed by atoms with Crippen LogP contribution < -0.4 is 10.1 Å². The van der Waals surface area contributed by atoms with Crippen LogP contribution in [0.2, 0.25) is 0 Å². The molecule has 98 valence electrons. The van der Waals surface area contributed by atoms with E-state index in [0.29, 0.717) is 18.3 Å². The number of nitro groups is 1. The average molecular weight is 250 g/mol. The smallest absolute Gasteiger partial charge is 0.311 e. The number of nitrogens with one attached hydrogen (secondary N) is 1. The lowest BCUT2D eigenvalue weighted by Gasteiger charge is -2.11. The van der Waals surface area contributed by atoms with Gasteiger partial charge in [-0.05, 0) is 31.0 Å². The quantitative estimate of drug-likeness (QED) is 0.642. The van der Waals surface area contributed by atoms with Crippen LogP contribution >= 0.6 is 0 Å². The average Bonchev–Trinajstić information content (AvgIpc) is 2.89. The fraction of sp³-hybridized carbons (Fsp3) is 0.538. The van der Waals surface area contributed by atoms with Crippen molar-refractivity contribution in [3.8, 4) is 5.75 Å². The van der Waals surface area contributed by atoms with Gasteiger partial charge in [-0.2, -0.15) is 0 Å². The van der Waals surface area contributed by atoms with Crippen molar-refractivity contribution in [3.63, 3.8) is 0 Å². The highest BCUT2D eigenvalue weighted by Gasteiger charge is 2.19. The summed E-state index contributed by atoms with van der Waals surface area (Å²) in [6.07, 6.45) is 1.86. The lowest BCUT2D eigenvalue weighted by molar-refractivity contribution is -0.386. The summed E-state index contributed by atoms with van der Waals surface area (Å²) in [7, 11) is 0. The van der Waals surface area contributed by atoms with Gasteiger partial charge in [0, 0.05) is 18.5 Å². The second-order valence-electron chi connectivity index (χ2n) is 4.58. The molecule has 18 heavy (non-hydrogen) atoms. The highest BCUT2D eigenvalue weighted by Crippen LogP contribution is 2.28. The molecule has 1 fully saturated rings. The summed E-state index contributed by atoms with van der Waals surface area (Å²) in [6, 6.07) is 5.19. The molecular formula is C13H18N2O3. The zero-order valence-corrected chi connectivity index (χ0v) is 10.5.